The molecule has 128 valence electrons. The Morgan fingerprint density at radius 3 is 2.50 bits per heavy atom. The minimum Gasteiger partial charge on any atom is -0.494 e. The maximum Gasteiger partial charge on any atom is 0.194 e. The van der Waals surface area contributed by atoms with E-state index < -0.39 is 0 Å². The first-order valence-electron chi connectivity index (χ1n) is 8.38. The van der Waals surface area contributed by atoms with E-state index in [1.165, 1.54) is 0 Å². The van der Waals surface area contributed by atoms with Gasteiger partial charge in [0.2, 0.25) is 0 Å². The zero-order chi connectivity index (χ0) is 17.3. The quantitative estimate of drug-likeness (QED) is 0.736. The molecular weight excluding hydrogens is 318 g/mol. The van der Waals surface area contributed by atoms with Crippen molar-refractivity contribution in [1.29, 1.82) is 0 Å². The number of thiazole rings is 1. The largest absolute Gasteiger partial charge is 0.494 e. The van der Waals surface area contributed by atoms with E-state index in [1.54, 1.807) is 11.3 Å². The number of fused-ring (bicyclic) bond motifs is 1. The Labute approximate surface area is 147 Å². The zero-order valence-electron chi connectivity index (χ0n) is 14.8. The van der Waals surface area contributed by atoms with Gasteiger partial charge in [-0.15, -0.1) is 11.3 Å². The van der Waals surface area contributed by atoms with Crippen molar-refractivity contribution in [2.24, 2.45) is 5.73 Å². The molecule has 0 aliphatic heterocycles. The summed E-state index contributed by atoms with van der Waals surface area (Å²) < 4.78 is 7.87. The van der Waals surface area contributed by atoms with E-state index in [0.29, 0.717) is 6.54 Å². The van der Waals surface area contributed by atoms with Crippen molar-refractivity contribution in [3.63, 3.8) is 0 Å². The van der Waals surface area contributed by atoms with Gasteiger partial charge in [0.25, 0.3) is 0 Å². The molecule has 4 nitrogen and oxygen atoms in total. The van der Waals surface area contributed by atoms with Crippen LogP contribution in [0.3, 0.4) is 0 Å². The molecule has 0 aliphatic rings. The molecule has 0 amide bonds. The summed E-state index contributed by atoms with van der Waals surface area (Å²) in [5.41, 5.74) is 10.5. The number of ether oxygens (including phenoxy) is 1. The number of hydrogen-bond acceptors (Lipinski definition) is 4. The highest BCUT2D eigenvalue weighted by Crippen LogP contribution is 2.33. The highest BCUT2D eigenvalue weighted by Gasteiger charge is 2.25. The van der Waals surface area contributed by atoms with Crippen LogP contribution < -0.4 is 10.5 Å². The van der Waals surface area contributed by atoms with Crippen LogP contribution in [0.25, 0.3) is 16.2 Å². The Morgan fingerprint density at radius 2 is 1.92 bits per heavy atom. The summed E-state index contributed by atoms with van der Waals surface area (Å²) in [5, 5.41) is 2.15. The van der Waals surface area contributed by atoms with Crippen LogP contribution in [0, 0.1) is 0 Å². The van der Waals surface area contributed by atoms with Crippen LogP contribution in [0.1, 0.15) is 45.5 Å². The predicted molar refractivity (Wildman–Crippen MR) is 101 cm³/mol. The molecule has 0 aliphatic carbocycles. The van der Waals surface area contributed by atoms with Crippen molar-refractivity contribution in [3.05, 3.63) is 41.0 Å². The van der Waals surface area contributed by atoms with Crippen LogP contribution in [0.2, 0.25) is 0 Å². The third-order valence-corrected chi connectivity index (χ3v) is 4.81. The molecular formula is C19H25N3OS. The lowest BCUT2D eigenvalue weighted by Gasteiger charge is -2.17. The molecule has 0 atom stereocenters. The minimum absolute atomic E-state index is 0.0183. The number of nitrogens with zero attached hydrogens (tertiary/aromatic N) is 2. The molecule has 3 rings (SSSR count). The lowest BCUT2D eigenvalue weighted by molar-refractivity contribution is 0.317. The summed E-state index contributed by atoms with van der Waals surface area (Å²) in [6, 6.07) is 8.25. The van der Waals surface area contributed by atoms with E-state index >= 15 is 0 Å². The number of benzene rings is 1. The van der Waals surface area contributed by atoms with E-state index in [0.717, 1.165) is 46.4 Å². The minimum atomic E-state index is -0.0183. The Balaban J connectivity index is 2.05. The van der Waals surface area contributed by atoms with Gasteiger partial charge in [-0.1, -0.05) is 27.7 Å². The SMILES string of the molecule is CCCOc1ccc(-c2csc3nc(C(C)(C)C)c(CN)n23)cc1. The van der Waals surface area contributed by atoms with E-state index in [9.17, 15) is 0 Å². The van der Waals surface area contributed by atoms with Crippen molar-refractivity contribution in [3.8, 4) is 17.0 Å². The van der Waals surface area contributed by atoms with Crippen LogP contribution in [0.4, 0.5) is 0 Å². The summed E-state index contributed by atoms with van der Waals surface area (Å²) in [6.45, 7) is 9.87. The van der Waals surface area contributed by atoms with Gasteiger partial charge in [-0.05, 0) is 36.2 Å². The second-order valence-corrected chi connectivity index (χ2v) is 7.81. The first-order chi connectivity index (χ1) is 11.5. The predicted octanol–water partition coefficient (Wildman–Crippen LogP) is 4.61. The molecule has 0 radical (unpaired) electrons. The number of rotatable bonds is 5. The monoisotopic (exact) mass is 343 g/mol. The normalized spacial score (nSPS) is 12.0. The summed E-state index contributed by atoms with van der Waals surface area (Å²) in [6.07, 6.45) is 1.01. The topological polar surface area (TPSA) is 52.5 Å². The van der Waals surface area contributed by atoms with Crippen molar-refractivity contribution in [2.75, 3.05) is 6.61 Å². The fourth-order valence-electron chi connectivity index (χ4n) is 2.85. The van der Waals surface area contributed by atoms with Crippen LogP contribution in [0.15, 0.2) is 29.6 Å². The van der Waals surface area contributed by atoms with Gasteiger partial charge in [-0.2, -0.15) is 0 Å². The first-order valence-corrected chi connectivity index (χ1v) is 9.26. The second kappa shape index (κ2) is 6.57. The Morgan fingerprint density at radius 1 is 1.21 bits per heavy atom. The summed E-state index contributed by atoms with van der Waals surface area (Å²) in [7, 11) is 0. The number of nitrogens with two attached hydrogens (primary N) is 1. The molecule has 2 heterocycles. The van der Waals surface area contributed by atoms with Gasteiger partial charge in [-0.25, -0.2) is 4.98 Å². The molecule has 0 saturated carbocycles. The lowest BCUT2D eigenvalue weighted by atomic mass is 9.90. The van der Waals surface area contributed by atoms with Crippen molar-refractivity contribution in [1.82, 2.24) is 9.38 Å². The van der Waals surface area contributed by atoms with E-state index in [1.807, 2.05) is 12.1 Å². The Hall–Kier alpha value is -1.85. The molecule has 0 bridgehead atoms. The number of aromatic nitrogens is 2. The van der Waals surface area contributed by atoms with E-state index in [-0.39, 0.29) is 5.41 Å². The van der Waals surface area contributed by atoms with Crippen molar-refractivity contribution < 1.29 is 4.74 Å². The lowest BCUT2D eigenvalue weighted by Crippen LogP contribution is -2.17. The standard InChI is InChI=1S/C19H25N3OS/c1-5-10-23-14-8-6-13(7-9-14)16-12-24-18-21-17(19(2,3)4)15(11-20)22(16)18/h6-9,12H,5,10-11,20H2,1-4H3. The summed E-state index contributed by atoms with van der Waals surface area (Å²) in [4.78, 5) is 5.84. The van der Waals surface area contributed by atoms with Crippen LogP contribution in [0.5, 0.6) is 5.75 Å². The van der Waals surface area contributed by atoms with Gasteiger partial charge in [0.15, 0.2) is 4.96 Å². The first kappa shape index (κ1) is 17.0. The van der Waals surface area contributed by atoms with Gasteiger partial charge in [0, 0.05) is 17.3 Å². The zero-order valence-corrected chi connectivity index (χ0v) is 15.6. The van der Waals surface area contributed by atoms with E-state index in [2.05, 4.69) is 49.6 Å². The average Bonchev–Trinajstić information content (AvgIpc) is 3.12. The molecule has 2 aromatic heterocycles. The van der Waals surface area contributed by atoms with E-state index in [4.69, 9.17) is 15.5 Å². The highest BCUT2D eigenvalue weighted by molar-refractivity contribution is 7.15. The van der Waals surface area contributed by atoms with Crippen LogP contribution >= 0.6 is 11.3 Å². The van der Waals surface area contributed by atoms with Crippen LogP contribution in [-0.4, -0.2) is 16.0 Å². The van der Waals surface area contributed by atoms with Gasteiger partial charge in [-0.3, -0.25) is 4.40 Å². The molecule has 5 heteroatoms. The maximum absolute atomic E-state index is 6.07. The fourth-order valence-corrected chi connectivity index (χ4v) is 3.76. The number of imidazole rings is 1. The second-order valence-electron chi connectivity index (χ2n) is 6.97. The summed E-state index contributed by atoms with van der Waals surface area (Å²) >= 11 is 1.66. The molecule has 1 aromatic carbocycles. The van der Waals surface area contributed by atoms with Gasteiger partial charge < -0.3 is 10.5 Å². The Kier molecular flexibility index (Phi) is 4.65. The third kappa shape index (κ3) is 3.06. The molecule has 0 unspecified atom stereocenters. The van der Waals surface area contributed by atoms with Crippen molar-refractivity contribution in [2.45, 2.75) is 46.1 Å². The third-order valence-electron chi connectivity index (χ3n) is 3.99. The highest BCUT2D eigenvalue weighted by atomic mass is 32.1. The van der Waals surface area contributed by atoms with Gasteiger partial charge in [0.1, 0.15) is 5.75 Å². The molecule has 0 fully saturated rings. The molecule has 24 heavy (non-hydrogen) atoms. The fraction of sp³-hybridized carbons (Fsp3) is 0.421. The van der Waals surface area contributed by atoms with Gasteiger partial charge >= 0.3 is 0 Å². The Bertz CT molecular complexity index is 825. The summed E-state index contributed by atoms with van der Waals surface area (Å²) in [5.74, 6) is 0.909. The van der Waals surface area contributed by atoms with Crippen LogP contribution in [-0.2, 0) is 12.0 Å². The molecule has 0 saturated heterocycles. The molecule has 3 aromatic rings. The molecule has 0 spiro atoms. The maximum atomic E-state index is 6.07. The number of hydrogen-bond donors (Lipinski definition) is 1. The van der Waals surface area contributed by atoms with Crippen molar-refractivity contribution >= 4 is 16.3 Å². The smallest absolute Gasteiger partial charge is 0.194 e. The van der Waals surface area contributed by atoms with Gasteiger partial charge in [0.05, 0.1) is 23.7 Å². The average molecular weight is 343 g/mol. The molecule has 2 N–H and O–H groups in total.